The lowest BCUT2D eigenvalue weighted by Crippen LogP contribution is -2.08. The van der Waals surface area contributed by atoms with E-state index in [1.807, 2.05) is 0 Å². The molecule has 0 atom stereocenters. The van der Waals surface area contributed by atoms with Gasteiger partial charge in [-0.3, -0.25) is 10.2 Å². The predicted octanol–water partition coefficient (Wildman–Crippen LogP) is 7.21. The summed E-state index contributed by atoms with van der Waals surface area (Å²) in [5.41, 5.74) is -6.24. The molecule has 0 amide bonds. The van der Waals surface area contributed by atoms with Crippen LogP contribution in [-0.4, -0.2) is 34.6 Å². The van der Waals surface area contributed by atoms with Crippen LogP contribution < -0.4 is 0 Å². The zero-order valence-corrected chi connectivity index (χ0v) is 21.6. The van der Waals surface area contributed by atoms with Gasteiger partial charge in [0.15, 0.2) is 46.5 Å². The SMILES string of the molecule is COCc1cc(-c2c(F)c(F)c(-c3cn[nH]c3)c(F)c2F)c(COC)cc1-c1c(F)c(F)c(-c2cn[nH]c2)c(F)c1F. The summed E-state index contributed by atoms with van der Waals surface area (Å²) < 4.78 is 132. The van der Waals surface area contributed by atoms with E-state index >= 15 is 35.1 Å². The van der Waals surface area contributed by atoms with E-state index in [4.69, 9.17) is 9.47 Å². The van der Waals surface area contributed by atoms with Crippen molar-refractivity contribution in [3.63, 3.8) is 0 Å². The van der Waals surface area contributed by atoms with Gasteiger partial charge in [-0.2, -0.15) is 10.2 Å². The molecule has 0 aliphatic heterocycles. The van der Waals surface area contributed by atoms with Crippen LogP contribution in [0.3, 0.4) is 0 Å². The van der Waals surface area contributed by atoms with E-state index in [-0.39, 0.29) is 22.3 Å². The molecule has 2 N–H and O–H groups in total. The average molecular weight is 594 g/mol. The zero-order chi connectivity index (χ0) is 30.3. The molecule has 0 saturated heterocycles. The highest BCUT2D eigenvalue weighted by atomic mass is 19.2. The van der Waals surface area contributed by atoms with Crippen molar-refractivity contribution < 1.29 is 44.6 Å². The Morgan fingerprint density at radius 1 is 0.524 bits per heavy atom. The molecule has 218 valence electrons. The van der Waals surface area contributed by atoms with Gasteiger partial charge in [-0.25, -0.2) is 35.1 Å². The van der Waals surface area contributed by atoms with Crippen molar-refractivity contribution in [1.29, 1.82) is 0 Å². The van der Waals surface area contributed by atoms with Crippen molar-refractivity contribution >= 4 is 0 Å². The van der Waals surface area contributed by atoms with Gasteiger partial charge in [0.2, 0.25) is 0 Å². The summed E-state index contributed by atoms with van der Waals surface area (Å²) in [5, 5.41) is 11.6. The topological polar surface area (TPSA) is 75.8 Å². The van der Waals surface area contributed by atoms with Crippen molar-refractivity contribution in [2.45, 2.75) is 13.2 Å². The first-order valence-corrected chi connectivity index (χ1v) is 12.0. The van der Waals surface area contributed by atoms with Crippen molar-refractivity contribution in [3.8, 4) is 44.5 Å². The summed E-state index contributed by atoms with van der Waals surface area (Å²) in [4.78, 5) is 0. The van der Waals surface area contributed by atoms with Crippen LogP contribution in [0.4, 0.5) is 35.1 Å². The summed E-state index contributed by atoms with van der Waals surface area (Å²) in [5.74, 6) is -14.1. The van der Waals surface area contributed by atoms with Crippen LogP contribution in [0.5, 0.6) is 0 Å². The minimum Gasteiger partial charge on any atom is -0.380 e. The Hall–Kier alpha value is -4.56. The molecule has 42 heavy (non-hydrogen) atoms. The number of aromatic nitrogens is 4. The highest BCUT2D eigenvalue weighted by Gasteiger charge is 2.32. The number of aromatic amines is 2. The summed E-state index contributed by atoms with van der Waals surface area (Å²) in [6.07, 6.45) is 3.98. The molecule has 3 aromatic carbocycles. The molecule has 6 nitrogen and oxygen atoms in total. The Bertz CT molecular complexity index is 1600. The minimum atomic E-state index is -1.78. The van der Waals surface area contributed by atoms with Gasteiger partial charge in [0.1, 0.15) is 0 Å². The van der Waals surface area contributed by atoms with Crippen molar-refractivity contribution in [1.82, 2.24) is 20.4 Å². The van der Waals surface area contributed by atoms with Crippen molar-refractivity contribution in [2.75, 3.05) is 14.2 Å². The van der Waals surface area contributed by atoms with Crippen molar-refractivity contribution in [2.24, 2.45) is 0 Å². The predicted molar refractivity (Wildman–Crippen MR) is 134 cm³/mol. The van der Waals surface area contributed by atoms with Crippen LogP contribution in [-0.2, 0) is 22.7 Å². The van der Waals surface area contributed by atoms with Gasteiger partial charge in [0, 0.05) is 37.7 Å². The highest BCUT2D eigenvalue weighted by Crippen LogP contribution is 2.43. The van der Waals surface area contributed by atoms with E-state index < -0.39 is 93.1 Å². The summed E-state index contributed by atoms with van der Waals surface area (Å²) in [7, 11) is 2.34. The number of hydrogen-bond donors (Lipinski definition) is 2. The summed E-state index contributed by atoms with van der Waals surface area (Å²) in [6.45, 7) is -0.995. The average Bonchev–Trinajstić information content (AvgIpc) is 3.69. The lowest BCUT2D eigenvalue weighted by atomic mass is 9.88. The van der Waals surface area contributed by atoms with Crippen LogP contribution >= 0.6 is 0 Å². The lowest BCUT2D eigenvalue weighted by Gasteiger charge is -2.20. The Balaban J connectivity index is 1.80. The third kappa shape index (κ3) is 4.61. The fraction of sp³-hybridized carbons (Fsp3) is 0.143. The highest BCUT2D eigenvalue weighted by molar-refractivity contribution is 5.81. The molecule has 0 bridgehead atoms. The van der Waals surface area contributed by atoms with Crippen molar-refractivity contribution in [3.05, 3.63) is 94.6 Å². The smallest absolute Gasteiger partial charge is 0.170 e. The molecule has 5 aromatic rings. The van der Waals surface area contributed by atoms with E-state index in [9.17, 15) is 0 Å². The zero-order valence-electron chi connectivity index (χ0n) is 21.6. The number of halogens is 8. The number of nitrogens with one attached hydrogen (secondary N) is 2. The van der Waals surface area contributed by atoms with Crippen LogP contribution in [0.25, 0.3) is 44.5 Å². The molecular weight excluding hydrogens is 576 g/mol. The number of benzene rings is 3. The molecule has 14 heteroatoms. The first-order valence-electron chi connectivity index (χ1n) is 12.0. The van der Waals surface area contributed by atoms with Gasteiger partial charge < -0.3 is 9.47 Å². The summed E-state index contributed by atoms with van der Waals surface area (Å²) >= 11 is 0. The molecule has 0 fully saturated rings. The molecule has 0 spiro atoms. The van der Waals surface area contributed by atoms with Gasteiger partial charge in [-0.1, -0.05) is 0 Å². The van der Waals surface area contributed by atoms with Gasteiger partial charge in [-0.15, -0.1) is 0 Å². The quantitative estimate of drug-likeness (QED) is 0.147. The maximum atomic E-state index is 15.4. The first-order chi connectivity index (χ1) is 20.1. The maximum Gasteiger partial charge on any atom is 0.170 e. The molecule has 0 saturated carbocycles. The maximum absolute atomic E-state index is 15.4. The van der Waals surface area contributed by atoms with E-state index in [2.05, 4.69) is 20.4 Å². The van der Waals surface area contributed by atoms with Gasteiger partial charge >= 0.3 is 0 Å². The van der Waals surface area contributed by atoms with E-state index in [1.165, 1.54) is 14.2 Å². The van der Waals surface area contributed by atoms with E-state index in [0.717, 1.165) is 36.9 Å². The molecule has 0 radical (unpaired) electrons. The number of rotatable bonds is 8. The molecular formula is C28H18F8N4O2. The lowest BCUT2D eigenvalue weighted by molar-refractivity contribution is 0.183. The van der Waals surface area contributed by atoms with Crippen LogP contribution in [0.1, 0.15) is 11.1 Å². The molecule has 0 aliphatic carbocycles. The second-order valence-electron chi connectivity index (χ2n) is 9.02. The fourth-order valence-corrected chi connectivity index (χ4v) is 4.72. The number of ether oxygens (including phenoxy) is 2. The Kier molecular flexibility index (Phi) is 7.84. The normalized spacial score (nSPS) is 11.5. The van der Waals surface area contributed by atoms with Gasteiger partial charge in [0.05, 0.1) is 47.9 Å². The van der Waals surface area contributed by atoms with Gasteiger partial charge in [-0.05, 0) is 34.4 Å². The van der Waals surface area contributed by atoms with Crippen LogP contribution in [0, 0.1) is 46.5 Å². The first kappa shape index (κ1) is 29.0. The fourth-order valence-electron chi connectivity index (χ4n) is 4.72. The minimum absolute atomic E-state index is 0.224. The number of nitrogens with zero attached hydrogens (tertiary/aromatic N) is 2. The monoisotopic (exact) mass is 594 g/mol. The van der Waals surface area contributed by atoms with Gasteiger partial charge in [0.25, 0.3) is 0 Å². The second kappa shape index (κ2) is 11.4. The molecule has 0 unspecified atom stereocenters. The molecule has 2 heterocycles. The number of hydrogen-bond acceptors (Lipinski definition) is 4. The largest absolute Gasteiger partial charge is 0.380 e. The third-order valence-corrected chi connectivity index (χ3v) is 6.57. The van der Waals surface area contributed by atoms with E-state index in [0.29, 0.717) is 0 Å². The molecule has 2 aromatic heterocycles. The molecule has 5 rings (SSSR count). The van der Waals surface area contributed by atoms with Crippen LogP contribution in [0.15, 0.2) is 36.9 Å². The van der Waals surface area contributed by atoms with E-state index in [1.54, 1.807) is 0 Å². The summed E-state index contributed by atoms with van der Waals surface area (Å²) in [6, 6.07) is 1.90. The Morgan fingerprint density at radius 3 is 1.10 bits per heavy atom. The number of H-pyrrole nitrogens is 2. The number of methoxy groups -OCH3 is 2. The second-order valence-corrected chi connectivity index (χ2v) is 9.02. The Morgan fingerprint density at radius 2 is 0.833 bits per heavy atom. The van der Waals surface area contributed by atoms with Crippen LogP contribution in [0.2, 0.25) is 0 Å². The standard InChI is InChI=1S/C28H18F8N4O2/c1-41-9-11-3-16(20-27(35)23(31)18(24(32)28(20)36)14-7-39-40-8-14)12(10-42-2)4-15(11)19-25(33)21(29)17(22(30)26(19)34)13-5-37-38-6-13/h3-8H,9-10H2,1-2H3,(H,37,38)(H,39,40). The Labute approximate surface area is 231 Å². The molecule has 0 aliphatic rings. The third-order valence-electron chi connectivity index (χ3n) is 6.57.